The van der Waals surface area contributed by atoms with Gasteiger partial charge in [-0.1, -0.05) is 0 Å². The van der Waals surface area contributed by atoms with Crippen molar-refractivity contribution in [1.29, 1.82) is 0 Å². The van der Waals surface area contributed by atoms with Gasteiger partial charge in [-0.3, -0.25) is 18.9 Å². The van der Waals surface area contributed by atoms with Crippen molar-refractivity contribution in [3.05, 3.63) is 0 Å². The lowest BCUT2D eigenvalue weighted by Gasteiger charge is -2.19. The molecule has 1 aliphatic rings. The van der Waals surface area contributed by atoms with Gasteiger partial charge in [-0.25, -0.2) is 0 Å². The number of rotatable bonds is 8. The molecule has 0 aliphatic carbocycles. The van der Waals surface area contributed by atoms with E-state index in [0.29, 0.717) is 0 Å². The van der Waals surface area contributed by atoms with Crippen molar-refractivity contribution in [3.63, 3.8) is 0 Å². The molecule has 0 bridgehead atoms. The van der Waals surface area contributed by atoms with Gasteiger partial charge in [-0.15, -0.1) is 0 Å². The average molecular weight is 338 g/mol. The number of ether oxygens (including phenoxy) is 1. The van der Waals surface area contributed by atoms with Crippen LogP contribution in [0, 0.1) is 0 Å². The van der Waals surface area contributed by atoms with E-state index in [1.807, 2.05) is 0 Å². The van der Waals surface area contributed by atoms with E-state index >= 15 is 0 Å². The van der Waals surface area contributed by atoms with E-state index in [4.69, 9.17) is 13.7 Å². The standard InChI is InChI=1S/C10H16BO10P/c1-4-17-22(15,18-5-2)10-9(14)20-11(21-10)19-8(13)6-7(12)16-3/h10H,4-6H2,1-3H3. The maximum atomic E-state index is 12.4. The molecular formula is C10H16BO10P. The molecule has 0 aromatic rings. The van der Waals surface area contributed by atoms with E-state index in [9.17, 15) is 18.9 Å². The van der Waals surface area contributed by atoms with E-state index in [1.54, 1.807) is 13.8 Å². The van der Waals surface area contributed by atoms with Crippen LogP contribution in [-0.2, 0) is 46.7 Å². The highest BCUT2D eigenvalue weighted by molar-refractivity contribution is 7.55. The van der Waals surface area contributed by atoms with Gasteiger partial charge in [0.25, 0.3) is 0 Å². The first-order valence-corrected chi connectivity index (χ1v) is 7.98. The van der Waals surface area contributed by atoms with E-state index < -0.39 is 45.1 Å². The monoisotopic (exact) mass is 338 g/mol. The Morgan fingerprint density at radius 2 is 1.82 bits per heavy atom. The van der Waals surface area contributed by atoms with Gasteiger partial charge in [-0.05, 0) is 13.8 Å². The lowest BCUT2D eigenvalue weighted by atomic mass is 10.2. The summed E-state index contributed by atoms with van der Waals surface area (Å²) in [7, 11) is -4.55. The van der Waals surface area contributed by atoms with Crippen molar-refractivity contribution in [3.8, 4) is 0 Å². The molecule has 12 heteroatoms. The third kappa shape index (κ3) is 4.80. The fourth-order valence-electron chi connectivity index (χ4n) is 1.47. The summed E-state index contributed by atoms with van der Waals surface area (Å²) in [6.07, 6.45) is -0.687. The molecule has 1 aliphatic heterocycles. The number of methoxy groups -OCH3 is 1. The molecule has 0 saturated carbocycles. The van der Waals surface area contributed by atoms with Crippen LogP contribution in [-0.4, -0.2) is 51.4 Å². The lowest BCUT2D eigenvalue weighted by Crippen LogP contribution is -2.27. The zero-order chi connectivity index (χ0) is 16.8. The van der Waals surface area contributed by atoms with Crippen LogP contribution < -0.4 is 0 Å². The number of carbonyl (C=O) groups excluding carboxylic acids is 3. The average Bonchev–Trinajstić information content (AvgIpc) is 2.80. The molecule has 0 amide bonds. The van der Waals surface area contributed by atoms with Crippen molar-refractivity contribution in [2.75, 3.05) is 20.3 Å². The van der Waals surface area contributed by atoms with Crippen LogP contribution in [0.5, 0.6) is 0 Å². The summed E-state index contributed by atoms with van der Waals surface area (Å²) in [5, 5.41) is 0. The second-order valence-corrected chi connectivity index (χ2v) is 5.90. The normalized spacial score (nSPS) is 18.0. The smallest absolute Gasteiger partial charge is 0.473 e. The van der Waals surface area contributed by atoms with Gasteiger partial charge in [0.2, 0.25) is 5.85 Å². The molecule has 1 saturated heterocycles. The molecule has 1 unspecified atom stereocenters. The third-order valence-corrected chi connectivity index (χ3v) is 4.45. The Morgan fingerprint density at radius 3 is 2.32 bits per heavy atom. The minimum absolute atomic E-state index is 0.0111. The van der Waals surface area contributed by atoms with Crippen LogP contribution in [0.15, 0.2) is 0 Å². The highest BCUT2D eigenvalue weighted by Crippen LogP contribution is 2.55. The Hall–Kier alpha value is -1.42. The molecule has 0 aromatic carbocycles. The molecule has 0 radical (unpaired) electrons. The maximum absolute atomic E-state index is 12.4. The second kappa shape index (κ2) is 8.28. The van der Waals surface area contributed by atoms with Gasteiger partial charge >= 0.3 is 32.8 Å². The fraction of sp³-hybridized carbons (Fsp3) is 0.700. The number of hydrogen-bond donors (Lipinski definition) is 0. The van der Waals surface area contributed by atoms with Gasteiger partial charge in [0.15, 0.2) is 0 Å². The molecule has 0 N–H and O–H groups in total. The topological polar surface area (TPSA) is 124 Å². The summed E-state index contributed by atoms with van der Waals surface area (Å²) >= 11 is 0. The molecule has 10 nitrogen and oxygen atoms in total. The van der Waals surface area contributed by atoms with Gasteiger partial charge in [0.1, 0.15) is 6.42 Å². The number of hydrogen-bond acceptors (Lipinski definition) is 10. The minimum atomic E-state index is -3.92. The largest absolute Gasteiger partial charge is 0.793 e. The van der Waals surface area contributed by atoms with Crippen LogP contribution in [0.2, 0.25) is 0 Å². The summed E-state index contributed by atoms with van der Waals surface area (Å²) in [5.41, 5.74) is 0. The summed E-state index contributed by atoms with van der Waals surface area (Å²) in [5.74, 6) is -4.59. The molecule has 1 atom stereocenters. The summed E-state index contributed by atoms with van der Waals surface area (Å²) < 4.78 is 40.7. The van der Waals surface area contributed by atoms with Crippen LogP contribution in [0.1, 0.15) is 20.3 Å². The molecule has 1 heterocycles. The van der Waals surface area contributed by atoms with Crippen LogP contribution >= 0.6 is 7.60 Å². The van der Waals surface area contributed by atoms with Gasteiger partial charge in [0.05, 0.1) is 20.3 Å². The first kappa shape index (κ1) is 18.6. The van der Waals surface area contributed by atoms with E-state index in [1.165, 1.54) is 0 Å². The predicted octanol–water partition coefficient (Wildman–Crippen LogP) is 0.243. The Kier molecular flexibility index (Phi) is 7.01. The van der Waals surface area contributed by atoms with Crippen LogP contribution in [0.4, 0.5) is 0 Å². The highest BCUT2D eigenvalue weighted by Gasteiger charge is 2.55. The first-order chi connectivity index (χ1) is 10.4. The zero-order valence-corrected chi connectivity index (χ0v) is 13.2. The quantitative estimate of drug-likeness (QED) is 0.263. The molecule has 1 fully saturated rings. The highest BCUT2D eigenvalue weighted by atomic mass is 31.2. The van der Waals surface area contributed by atoms with Crippen molar-refractivity contribution >= 4 is 32.8 Å². The third-order valence-electron chi connectivity index (χ3n) is 2.30. The fourth-order valence-corrected chi connectivity index (χ4v) is 3.10. The Morgan fingerprint density at radius 1 is 1.23 bits per heavy atom. The van der Waals surface area contributed by atoms with Crippen molar-refractivity contribution < 1.29 is 46.7 Å². The van der Waals surface area contributed by atoms with Crippen LogP contribution in [0.3, 0.4) is 0 Å². The molecular weight excluding hydrogens is 322 g/mol. The van der Waals surface area contributed by atoms with Crippen molar-refractivity contribution in [1.82, 2.24) is 0 Å². The molecule has 22 heavy (non-hydrogen) atoms. The Labute approximate surface area is 127 Å². The predicted molar refractivity (Wildman–Crippen MR) is 70.3 cm³/mol. The van der Waals surface area contributed by atoms with Crippen molar-refractivity contribution in [2.45, 2.75) is 26.1 Å². The summed E-state index contributed by atoms with van der Waals surface area (Å²) in [6.45, 7) is 3.13. The molecule has 0 aromatic heterocycles. The zero-order valence-electron chi connectivity index (χ0n) is 12.3. The van der Waals surface area contributed by atoms with E-state index in [-0.39, 0.29) is 13.2 Å². The first-order valence-electron chi connectivity index (χ1n) is 6.37. The molecule has 0 spiro atoms. The maximum Gasteiger partial charge on any atom is 0.793 e. The number of esters is 1. The Bertz CT molecular complexity index is 470. The van der Waals surface area contributed by atoms with E-state index in [2.05, 4.69) is 14.0 Å². The van der Waals surface area contributed by atoms with Gasteiger partial charge in [0, 0.05) is 0 Å². The minimum Gasteiger partial charge on any atom is -0.473 e. The molecule has 124 valence electrons. The Balaban J connectivity index is 2.68. The van der Waals surface area contributed by atoms with Crippen molar-refractivity contribution in [2.24, 2.45) is 0 Å². The van der Waals surface area contributed by atoms with Crippen LogP contribution in [0.25, 0.3) is 0 Å². The van der Waals surface area contributed by atoms with Gasteiger partial charge < -0.3 is 27.7 Å². The summed E-state index contributed by atoms with van der Waals surface area (Å²) in [4.78, 5) is 33.9. The number of carbonyl (C=O) groups is 3. The van der Waals surface area contributed by atoms with Gasteiger partial charge in [-0.2, -0.15) is 0 Å². The summed E-state index contributed by atoms with van der Waals surface area (Å²) in [6, 6.07) is 0. The molecule has 1 rings (SSSR count). The SMILES string of the molecule is CCOP(=O)(OCC)C1OB(OC(=O)CC(=O)OC)OC1=O. The van der Waals surface area contributed by atoms with E-state index in [0.717, 1.165) is 7.11 Å². The lowest BCUT2D eigenvalue weighted by molar-refractivity contribution is -0.149. The second-order valence-electron chi connectivity index (χ2n) is 3.83.